The highest BCUT2D eigenvalue weighted by Crippen LogP contribution is 2.15. The van der Waals surface area contributed by atoms with Gasteiger partial charge in [0.2, 0.25) is 11.8 Å². The molecule has 0 radical (unpaired) electrons. The van der Waals surface area contributed by atoms with E-state index in [1.54, 1.807) is 13.8 Å². The molecule has 0 fully saturated rings. The molecule has 0 aliphatic heterocycles. The molecule has 3 N–H and O–H groups in total. The van der Waals surface area contributed by atoms with Crippen molar-refractivity contribution < 1.29 is 14.7 Å². The molecule has 1 rings (SSSR count). The molecule has 110 valence electrons. The number of hydrogen-bond donors (Lipinski definition) is 3. The molecule has 0 saturated carbocycles. The highest BCUT2D eigenvalue weighted by molar-refractivity contribution is 5.90. The Hall–Kier alpha value is -1.88. The average Bonchev–Trinajstić information content (AvgIpc) is 2.38. The third-order valence-electron chi connectivity index (χ3n) is 2.94. The van der Waals surface area contributed by atoms with Crippen LogP contribution in [0.1, 0.15) is 38.9 Å². The van der Waals surface area contributed by atoms with E-state index in [2.05, 4.69) is 10.6 Å². The lowest BCUT2D eigenvalue weighted by molar-refractivity contribution is -0.131. The van der Waals surface area contributed by atoms with Crippen molar-refractivity contribution in [3.05, 3.63) is 35.9 Å². The fourth-order valence-electron chi connectivity index (χ4n) is 1.88. The summed E-state index contributed by atoms with van der Waals surface area (Å²) < 4.78 is 0. The van der Waals surface area contributed by atoms with E-state index in [0.29, 0.717) is 13.0 Å². The van der Waals surface area contributed by atoms with Crippen LogP contribution < -0.4 is 10.6 Å². The molecule has 1 aromatic rings. The molecule has 5 heteroatoms. The molecular weight excluding hydrogens is 256 g/mol. The fraction of sp³-hybridized carbons (Fsp3) is 0.467. The Bertz CT molecular complexity index is 457. The second-order valence-corrected chi connectivity index (χ2v) is 5.28. The molecule has 20 heavy (non-hydrogen) atoms. The molecule has 1 atom stereocenters. The highest BCUT2D eigenvalue weighted by Gasteiger charge is 2.27. The van der Waals surface area contributed by atoms with Gasteiger partial charge in [-0.15, -0.1) is 0 Å². The van der Waals surface area contributed by atoms with Gasteiger partial charge < -0.3 is 15.7 Å². The third kappa shape index (κ3) is 5.01. The third-order valence-corrected chi connectivity index (χ3v) is 2.94. The number of aliphatic hydroxyl groups is 1. The zero-order valence-electron chi connectivity index (χ0n) is 12.1. The van der Waals surface area contributed by atoms with Crippen molar-refractivity contribution in [1.82, 2.24) is 10.6 Å². The van der Waals surface area contributed by atoms with Gasteiger partial charge in [-0.25, -0.2) is 0 Å². The first kappa shape index (κ1) is 16.2. The maximum Gasteiger partial charge on any atom is 0.245 e. The summed E-state index contributed by atoms with van der Waals surface area (Å²) in [5.41, 5.74) is -0.133. The number of benzene rings is 1. The monoisotopic (exact) mass is 278 g/mol. The minimum Gasteiger partial charge on any atom is -0.388 e. The molecule has 5 nitrogen and oxygen atoms in total. The second-order valence-electron chi connectivity index (χ2n) is 5.28. The van der Waals surface area contributed by atoms with Crippen LogP contribution >= 0.6 is 0 Å². The van der Waals surface area contributed by atoms with Gasteiger partial charge in [-0.3, -0.25) is 9.59 Å². The Morgan fingerprint density at radius 1 is 1.25 bits per heavy atom. The number of amides is 2. The quantitative estimate of drug-likeness (QED) is 0.730. The molecule has 0 spiro atoms. The van der Waals surface area contributed by atoms with Gasteiger partial charge in [0.05, 0.1) is 6.10 Å². The first-order valence-electron chi connectivity index (χ1n) is 6.63. The zero-order chi connectivity index (χ0) is 15.2. The van der Waals surface area contributed by atoms with Gasteiger partial charge in [0.1, 0.15) is 5.54 Å². The van der Waals surface area contributed by atoms with Crippen LogP contribution in [0.3, 0.4) is 0 Å². The first-order valence-corrected chi connectivity index (χ1v) is 6.63. The molecule has 1 aromatic carbocycles. The van der Waals surface area contributed by atoms with Gasteiger partial charge in [0.15, 0.2) is 0 Å². The van der Waals surface area contributed by atoms with Crippen molar-refractivity contribution in [3.63, 3.8) is 0 Å². The summed E-state index contributed by atoms with van der Waals surface area (Å²) in [6.07, 6.45) is -0.188. The predicted molar refractivity (Wildman–Crippen MR) is 76.9 cm³/mol. The van der Waals surface area contributed by atoms with E-state index in [1.165, 1.54) is 6.92 Å². The Labute approximate surface area is 119 Å². The van der Waals surface area contributed by atoms with Crippen molar-refractivity contribution in [1.29, 1.82) is 0 Å². The summed E-state index contributed by atoms with van der Waals surface area (Å²) in [5, 5.41) is 15.3. The van der Waals surface area contributed by atoms with Crippen molar-refractivity contribution in [3.8, 4) is 0 Å². The van der Waals surface area contributed by atoms with Crippen LogP contribution in [-0.2, 0) is 9.59 Å². The lowest BCUT2D eigenvalue weighted by Crippen LogP contribution is -2.54. The molecule has 0 bridgehead atoms. The van der Waals surface area contributed by atoms with Crippen molar-refractivity contribution in [2.24, 2.45) is 0 Å². The summed E-state index contributed by atoms with van der Waals surface area (Å²) in [6, 6.07) is 9.28. The fourth-order valence-corrected chi connectivity index (χ4v) is 1.88. The molecule has 0 aromatic heterocycles. The average molecular weight is 278 g/mol. The Balaban J connectivity index is 2.40. The lowest BCUT2D eigenvalue weighted by atomic mass is 10.0. The van der Waals surface area contributed by atoms with Crippen LogP contribution in [0.4, 0.5) is 0 Å². The van der Waals surface area contributed by atoms with Crippen LogP contribution in [0, 0.1) is 0 Å². The van der Waals surface area contributed by atoms with E-state index in [4.69, 9.17) is 0 Å². The number of nitrogens with one attached hydrogen (secondary N) is 2. The van der Waals surface area contributed by atoms with E-state index < -0.39 is 11.6 Å². The molecule has 0 aliphatic rings. The molecule has 0 aliphatic carbocycles. The van der Waals surface area contributed by atoms with Gasteiger partial charge in [-0.05, 0) is 25.8 Å². The zero-order valence-corrected chi connectivity index (χ0v) is 12.1. The maximum atomic E-state index is 11.9. The number of hydrogen-bond acceptors (Lipinski definition) is 3. The predicted octanol–water partition coefficient (Wildman–Crippen LogP) is 1.14. The summed E-state index contributed by atoms with van der Waals surface area (Å²) in [7, 11) is 0. The van der Waals surface area contributed by atoms with E-state index in [9.17, 15) is 14.7 Å². The largest absolute Gasteiger partial charge is 0.388 e. The van der Waals surface area contributed by atoms with Gasteiger partial charge in [0.25, 0.3) is 0 Å². The smallest absolute Gasteiger partial charge is 0.245 e. The molecular formula is C15H22N2O3. The summed E-state index contributed by atoms with van der Waals surface area (Å²) in [6.45, 7) is 4.99. The number of rotatable bonds is 6. The molecule has 0 heterocycles. The van der Waals surface area contributed by atoms with E-state index in [0.717, 1.165) is 5.56 Å². The van der Waals surface area contributed by atoms with Crippen molar-refractivity contribution >= 4 is 11.8 Å². The number of carbonyl (C=O) groups excluding carboxylic acids is 2. The van der Waals surface area contributed by atoms with Gasteiger partial charge in [-0.2, -0.15) is 0 Å². The summed E-state index contributed by atoms with van der Waals surface area (Å²) >= 11 is 0. The van der Waals surface area contributed by atoms with Crippen LogP contribution in [0.25, 0.3) is 0 Å². The van der Waals surface area contributed by atoms with Crippen LogP contribution in [0.15, 0.2) is 30.3 Å². The molecule has 2 amide bonds. The van der Waals surface area contributed by atoms with Crippen molar-refractivity contribution in [2.75, 3.05) is 6.54 Å². The minimum absolute atomic E-state index is 0.255. The normalized spacial score (nSPS) is 12.6. The number of aliphatic hydroxyl groups excluding tert-OH is 1. The van der Waals surface area contributed by atoms with E-state index in [1.807, 2.05) is 30.3 Å². The first-order chi connectivity index (χ1) is 9.33. The van der Waals surface area contributed by atoms with Crippen LogP contribution in [0.5, 0.6) is 0 Å². The Kier molecular flexibility index (Phi) is 5.70. The topological polar surface area (TPSA) is 78.4 Å². The van der Waals surface area contributed by atoms with E-state index in [-0.39, 0.29) is 11.8 Å². The van der Waals surface area contributed by atoms with Gasteiger partial charge in [-0.1, -0.05) is 30.3 Å². The number of carbonyl (C=O) groups is 2. The van der Waals surface area contributed by atoms with Crippen molar-refractivity contribution in [2.45, 2.75) is 38.8 Å². The molecule has 1 unspecified atom stereocenters. The van der Waals surface area contributed by atoms with E-state index >= 15 is 0 Å². The standard InChI is InChI=1S/C15H22N2O3/c1-11(18)17-15(2,3)14(20)16-10-9-13(19)12-7-5-4-6-8-12/h4-8,13,19H,9-10H2,1-3H3,(H,16,20)(H,17,18). The summed E-state index contributed by atoms with van der Waals surface area (Å²) in [5.74, 6) is -0.526. The maximum absolute atomic E-state index is 11.9. The van der Waals surface area contributed by atoms with Crippen LogP contribution in [-0.4, -0.2) is 29.0 Å². The van der Waals surface area contributed by atoms with Crippen LogP contribution in [0.2, 0.25) is 0 Å². The molecule has 0 saturated heterocycles. The SMILES string of the molecule is CC(=O)NC(C)(C)C(=O)NCCC(O)c1ccccc1. The van der Waals surface area contributed by atoms with Gasteiger partial charge in [0, 0.05) is 13.5 Å². The Morgan fingerprint density at radius 3 is 2.40 bits per heavy atom. The Morgan fingerprint density at radius 2 is 1.85 bits per heavy atom. The summed E-state index contributed by atoms with van der Waals surface area (Å²) in [4.78, 5) is 22.9. The van der Waals surface area contributed by atoms with Gasteiger partial charge >= 0.3 is 0 Å². The minimum atomic E-state index is -0.955. The second kappa shape index (κ2) is 7.05. The lowest BCUT2D eigenvalue weighted by Gasteiger charge is -2.24. The highest BCUT2D eigenvalue weighted by atomic mass is 16.3.